The molecule has 1 aliphatic rings. The Hall–Kier alpha value is -0.860. The van der Waals surface area contributed by atoms with Crippen molar-refractivity contribution in [3.8, 4) is 0 Å². The molecule has 12 heavy (non-hydrogen) atoms. The third-order valence-electron chi connectivity index (χ3n) is 1.93. The number of nitrogens with one attached hydrogen (secondary N) is 1. The summed E-state index contributed by atoms with van der Waals surface area (Å²) in [5.74, 6) is 0. The highest BCUT2D eigenvalue weighted by molar-refractivity contribution is 6.05. The van der Waals surface area contributed by atoms with Crippen LogP contribution in [0.1, 0.15) is 34.6 Å². The minimum Gasteiger partial charge on any atom is -0.198 e. The van der Waals surface area contributed by atoms with Gasteiger partial charge in [-0.3, -0.25) is 0 Å². The summed E-state index contributed by atoms with van der Waals surface area (Å²) >= 11 is 0. The van der Waals surface area contributed by atoms with Crippen molar-refractivity contribution in [2.24, 2.45) is 21.0 Å². The smallest absolute Gasteiger partial charge is 0.0562 e. The number of hydrazone groups is 2. The van der Waals surface area contributed by atoms with Crippen LogP contribution in [0.5, 0.6) is 0 Å². The van der Waals surface area contributed by atoms with Gasteiger partial charge >= 0.3 is 0 Å². The molecule has 0 bridgehead atoms. The molecule has 1 N–H and O–H groups in total. The zero-order valence-corrected chi connectivity index (χ0v) is 8.47. The SMILES string of the molecule is CC(C)(C)C1=NNN=CC1(C)C. The Morgan fingerprint density at radius 1 is 1.33 bits per heavy atom. The topological polar surface area (TPSA) is 36.8 Å². The average molecular weight is 167 g/mol. The summed E-state index contributed by atoms with van der Waals surface area (Å²) in [6.45, 7) is 10.7. The van der Waals surface area contributed by atoms with Crippen LogP contribution in [-0.4, -0.2) is 11.9 Å². The predicted octanol–water partition coefficient (Wildman–Crippen LogP) is 2.00. The third kappa shape index (κ3) is 1.65. The van der Waals surface area contributed by atoms with Gasteiger partial charge in [-0.15, -0.1) is 0 Å². The first-order valence-electron chi connectivity index (χ1n) is 4.22. The molecular formula is C9H17N3. The minimum atomic E-state index is -0.0243. The average Bonchev–Trinajstić information content (AvgIpc) is 1.83. The van der Waals surface area contributed by atoms with Crippen molar-refractivity contribution < 1.29 is 0 Å². The van der Waals surface area contributed by atoms with Gasteiger partial charge in [0.1, 0.15) is 0 Å². The summed E-state index contributed by atoms with van der Waals surface area (Å²) in [6, 6.07) is 0. The first kappa shape index (κ1) is 9.23. The Morgan fingerprint density at radius 3 is 2.25 bits per heavy atom. The first-order valence-corrected chi connectivity index (χ1v) is 4.22. The second-order valence-electron chi connectivity index (χ2n) is 4.79. The molecule has 0 aromatic carbocycles. The van der Waals surface area contributed by atoms with Crippen molar-refractivity contribution >= 4 is 11.9 Å². The third-order valence-corrected chi connectivity index (χ3v) is 1.93. The van der Waals surface area contributed by atoms with Gasteiger partial charge in [0, 0.05) is 17.0 Å². The van der Waals surface area contributed by atoms with Crippen LogP contribution in [0, 0.1) is 10.8 Å². The van der Waals surface area contributed by atoms with Gasteiger partial charge in [-0.25, -0.2) is 0 Å². The zero-order chi connectivity index (χ0) is 9.41. The Kier molecular flexibility index (Phi) is 1.98. The highest BCUT2D eigenvalue weighted by Crippen LogP contribution is 2.29. The fourth-order valence-corrected chi connectivity index (χ4v) is 1.61. The van der Waals surface area contributed by atoms with Gasteiger partial charge in [-0.2, -0.15) is 15.7 Å². The molecule has 0 fully saturated rings. The largest absolute Gasteiger partial charge is 0.198 e. The molecule has 1 rings (SSSR count). The molecule has 0 saturated heterocycles. The molecule has 0 atom stereocenters. The maximum Gasteiger partial charge on any atom is 0.0562 e. The molecule has 0 aromatic heterocycles. The minimum absolute atomic E-state index is 0.0243. The second-order valence-corrected chi connectivity index (χ2v) is 4.79. The van der Waals surface area contributed by atoms with Crippen molar-refractivity contribution in [1.29, 1.82) is 0 Å². The van der Waals surface area contributed by atoms with Crippen molar-refractivity contribution in [3.63, 3.8) is 0 Å². The molecule has 0 unspecified atom stereocenters. The predicted molar refractivity (Wildman–Crippen MR) is 52.3 cm³/mol. The molecule has 0 aliphatic carbocycles. The van der Waals surface area contributed by atoms with Gasteiger partial charge in [0.2, 0.25) is 0 Å². The standard InChI is InChI=1S/C9H17N3/c1-8(2,3)7-9(4,5)6-10-12-11-7/h6,12H,1-5H3. The van der Waals surface area contributed by atoms with Gasteiger partial charge in [-0.1, -0.05) is 20.8 Å². The first-order chi connectivity index (χ1) is 5.34. The molecule has 0 saturated carbocycles. The summed E-state index contributed by atoms with van der Waals surface area (Å²) in [6.07, 6.45) is 1.90. The van der Waals surface area contributed by atoms with E-state index in [1.54, 1.807) is 0 Å². The summed E-state index contributed by atoms with van der Waals surface area (Å²) in [5.41, 5.74) is 3.87. The lowest BCUT2D eigenvalue weighted by Gasteiger charge is -2.33. The monoisotopic (exact) mass is 167 g/mol. The summed E-state index contributed by atoms with van der Waals surface area (Å²) in [7, 11) is 0. The molecule has 0 aromatic rings. The lowest BCUT2D eigenvalue weighted by atomic mass is 9.74. The molecule has 1 heterocycles. The number of rotatable bonds is 0. The van der Waals surface area contributed by atoms with Crippen LogP contribution in [-0.2, 0) is 0 Å². The van der Waals surface area contributed by atoms with Crippen molar-refractivity contribution in [1.82, 2.24) is 5.53 Å². The van der Waals surface area contributed by atoms with E-state index in [2.05, 4.69) is 50.4 Å². The molecule has 3 heteroatoms. The van der Waals surface area contributed by atoms with Gasteiger partial charge in [0.15, 0.2) is 0 Å². The van der Waals surface area contributed by atoms with Crippen molar-refractivity contribution in [3.05, 3.63) is 0 Å². The molecule has 3 nitrogen and oxygen atoms in total. The zero-order valence-electron chi connectivity index (χ0n) is 8.47. The van der Waals surface area contributed by atoms with E-state index < -0.39 is 0 Å². The van der Waals surface area contributed by atoms with Crippen molar-refractivity contribution in [2.45, 2.75) is 34.6 Å². The summed E-state index contributed by atoms with van der Waals surface area (Å²) in [4.78, 5) is 0. The highest BCUT2D eigenvalue weighted by Gasteiger charge is 2.34. The van der Waals surface area contributed by atoms with E-state index in [1.807, 2.05) is 6.21 Å². The Morgan fingerprint density at radius 2 is 1.92 bits per heavy atom. The summed E-state index contributed by atoms with van der Waals surface area (Å²) in [5, 5.41) is 8.15. The van der Waals surface area contributed by atoms with Crippen LogP contribution < -0.4 is 5.53 Å². The molecular weight excluding hydrogens is 150 g/mol. The maximum atomic E-state index is 4.22. The molecule has 0 radical (unpaired) electrons. The second kappa shape index (κ2) is 2.57. The van der Waals surface area contributed by atoms with Crippen LogP contribution in [0.4, 0.5) is 0 Å². The van der Waals surface area contributed by atoms with Gasteiger partial charge in [-0.05, 0) is 13.8 Å². The van der Waals surface area contributed by atoms with E-state index in [4.69, 9.17) is 0 Å². The van der Waals surface area contributed by atoms with Crippen LogP contribution in [0.2, 0.25) is 0 Å². The lowest BCUT2D eigenvalue weighted by Crippen LogP contribution is -2.40. The van der Waals surface area contributed by atoms with Gasteiger partial charge in [0.05, 0.1) is 5.71 Å². The normalized spacial score (nSPS) is 21.6. The number of hydrogen-bond acceptors (Lipinski definition) is 3. The van der Waals surface area contributed by atoms with Crippen molar-refractivity contribution in [2.75, 3.05) is 0 Å². The van der Waals surface area contributed by atoms with Crippen LogP contribution in [0.3, 0.4) is 0 Å². The fourth-order valence-electron chi connectivity index (χ4n) is 1.61. The Bertz CT molecular complexity index is 231. The van der Waals surface area contributed by atoms with Crippen LogP contribution >= 0.6 is 0 Å². The Labute approximate surface area is 73.9 Å². The molecule has 68 valence electrons. The summed E-state index contributed by atoms with van der Waals surface area (Å²) < 4.78 is 0. The number of nitrogens with zero attached hydrogens (tertiary/aromatic N) is 2. The maximum absolute atomic E-state index is 4.22. The Balaban J connectivity index is 2.98. The highest BCUT2D eigenvalue weighted by atomic mass is 15.5. The lowest BCUT2D eigenvalue weighted by molar-refractivity contribution is 0.509. The molecule has 0 amide bonds. The van der Waals surface area contributed by atoms with Crippen LogP contribution in [0.25, 0.3) is 0 Å². The quantitative estimate of drug-likeness (QED) is 0.588. The number of hydrogen-bond donors (Lipinski definition) is 1. The van der Waals surface area contributed by atoms with Crippen LogP contribution in [0.15, 0.2) is 10.2 Å². The van der Waals surface area contributed by atoms with E-state index >= 15 is 0 Å². The fraction of sp³-hybridized carbons (Fsp3) is 0.778. The van der Waals surface area contributed by atoms with E-state index in [-0.39, 0.29) is 10.8 Å². The van der Waals surface area contributed by atoms with E-state index in [9.17, 15) is 0 Å². The van der Waals surface area contributed by atoms with Gasteiger partial charge in [0.25, 0.3) is 0 Å². The molecule has 0 spiro atoms. The molecule has 1 aliphatic heterocycles. The van der Waals surface area contributed by atoms with E-state index in [1.165, 1.54) is 0 Å². The van der Waals surface area contributed by atoms with Gasteiger partial charge < -0.3 is 0 Å². The van der Waals surface area contributed by atoms with E-state index in [0.29, 0.717) is 0 Å². The van der Waals surface area contributed by atoms with E-state index in [0.717, 1.165) is 5.71 Å².